The van der Waals surface area contributed by atoms with Gasteiger partial charge in [-0.3, -0.25) is 37.1 Å². The molecule has 9 unspecified atom stereocenters. The maximum atomic E-state index is 15.2. The molecule has 0 radical (unpaired) electrons. The fraction of sp³-hybridized carbons (Fsp3) is 0.600. The van der Waals surface area contributed by atoms with Crippen LogP contribution in [0, 0.1) is 36.4 Å². The van der Waals surface area contributed by atoms with Gasteiger partial charge in [-0.15, -0.1) is 0 Å². The van der Waals surface area contributed by atoms with Gasteiger partial charge in [0.15, 0.2) is 45.7 Å². The first-order chi connectivity index (χ1) is 45.3. The van der Waals surface area contributed by atoms with Crippen LogP contribution in [0.3, 0.4) is 0 Å². The Morgan fingerprint density at radius 3 is 1.01 bits per heavy atom. The highest BCUT2D eigenvalue weighted by Gasteiger charge is 2.75. The fourth-order valence-electron chi connectivity index (χ4n) is 7.69. The molecule has 3 aliphatic rings. The molecule has 3 fully saturated rings. The van der Waals surface area contributed by atoms with Crippen molar-refractivity contribution < 1.29 is 235 Å². The van der Waals surface area contributed by atoms with Gasteiger partial charge in [-0.05, 0) is 36.7 Å². The van der Waals surface area contributed by atoms with Crippen LogP contribution in [0.2, 0.25) is 0 Å². The molecular weight excluding hydrogens is 1740 g/mol. The van der Waals surface area contributed by atoms with Crippen molar-refractivity contribution in [1.82, 2.24) is 28.7 Å². The van der Waals surface area contributed by atoms with Crippen LogP contribution in [-0.2, 0) is 94.7 Å². The van der Waals surface area contributed by atoms with Crippen LogP contribution < -0.4 is 11.3 Å². The fourth-order valence-corrected chi connectivity index (χ4v) is 17.7. The Kier molecular flexibility index (Phi) is 28.8. The van der Waals surface area contributed by atoms with Gasteiger partial charge in [0.05, 0.1) is 26.0 Å². The molecule has 0 aliphatic carbocycles. The molecule has 19 N–H and O–H groups in total. The monoisotopic (exact) mass is 1780 g/mol. The van der Waals surface area contributed by atoms with Crippen molar-refractivity contribution in [3.05, 3.63) is 65.3 Å². The van der Waals surface area contributed by atoms with Gasteiger partial charge in [0, 0.05) is 12.4 Å². The van der Waals surface area contributed by atoms with Crippen LogP contribution in [0.5, 0.6) is 0 Å². The topological polar surface area (TPSA) is 670 Å². The van der Waals surface area contributed by atoms with Crippen molar-refractivity contribution >= 4 is 125 Å². The molecule has 0 saturated carbocycles. The number of phosphoric acid groups is 9. The maximum absolute atomic E-state index is 15.2. The standard InChI is InChI=1S/C10H13F5N3O12P3S.C10H12F5N2O13P3S.C10H12F5N2O12P3S2/c11-3-1-18(8(34)17-6(3)16)7-9(12,10(13,14)15)5(19)4(28-7)2-27-32(23,24)30-33(25,26)29-31(20,21)22;11-3-1-17(8(34)16-6(3)19)7-9(12,10(13,14)15)5(18)4(28-7)2-27-32(23,24)30-33(25,26)29-31(20,21)22;11-3-1-17(8(34)16-6(3)33)7-9(12,10(13,14)15)5(18)4(27-7)2-26-31(22,23)29-32(24,25)28-30(19,20)21/h1,4-5,7,19H,2H2,(H,23,24)(H,25,26)(H2,16,17,34)(H2,20,21,22);1,4-5,7,18H,2H2,(H,23,24)(H,25,26)(H,16,19,34)(H2,20,21,22);1,4-5,7,18H,2H2,(H,22,23)(H,24,25)(H,16,33,34)(H2,19,20,21)/t3*4-,5+,7-,9?/m111/s1. The highest BCUT2D eigenvalue weighted by molar-refractivity contribution is 7.72. The highest BCUT2D eigenvalue weighted by Crippen LogP contribution is 2.69. The summed E-state index contributed by atoms with van der Waals surface area (Å²) < 4.78 is 352. The number of halogens is 15. The molecule has 6 rings (SSSR count). The summed E-state index contributed by atoms with van der Waals surface area (Å²) in [4.78, 5) is 124. The van der Waals surface area contributed by atoms with Crippen LogP contribution in [0.25, 0.3) is 0 Å². The lowest BCUT2D eigenvalue weighted by Crippen LogP contribution is -2.54. The van der Waals surface area contributed by atoms with E-state index in [-0.39, 0.29) is 32.3 Å². The van der Waals surface area contributed by atoms with E-state index < -0.39 is 229 Å². The van der Waals surface area contributed by atoms with Crippen LogP contribution >= 0.6 is 119 Å². The molecule has 6 heterocycles. The summed E-state index contributed by atoms with van der Waals surface area (Å²) >= 11 is 18.3. The summed E-state index contributed by atoms with van der Waals surface area (Å²) in [5, 5.41) is 29.8. The lowest BCUT2D eigenvalue weighted by atomic mass is 9.95. The third-order valence-electron chi connectivity index (χ3n) is 11.6. The molecule has 3 saturated heterocycles. The minimum Gasteiger partial charge on any atom is -0.386 e. The average molecular weight is 1780 g/mol. The van der Waals surface area contributed by atoms with Gasteiger partial charge in [-0.2, -0.15) is 74.8 Å². The minimum atomic E-state index is -5.99. The number of aliphatic hydroxyl groups is 3. The van der Waals surface area contributed by atoms with Gasteiger partial charge in [0.25, 0.3) is 22.6 Å². The third-order valence-corrected chi connectivity index (χ3v) is 24.3. The summed E-state index contributed by atoms with van der Waals surface area (Å²) in [5.74, 6) is -5.40. The summed E-state index contributed by atoms with van der Waals surface area (Å²) in [7, 11) is -52.8. The number of rotatable bonds is 24. The summed E-state index contributed by atoms with van der Waals surface area (Å²) in [6.07, 6.45) is -43.4. The largest absolute Gasteiger partial charge is 0.490 e. The van der Waals surface area contributed by atoms with Gasteiger partial charge in [-0.25, -0.2) is 63.0 Å². The van der Waals surface area contributed by atoms with E-state index >= 15 is 13.2 Å². The third kappa shape index (κ3) is 23.1. The number of hydrogen-bond acceptors (Lipinski definition) is 31. The molecule has 3 aromatic rings. The molecule has 0 amide bonds. The number of anilines is 1. The van der Waals surface area contributed by atoms with Gasteiger partial charge in [0.2, 0.25) is 10.6 Å². The van der Waals surface area contributed by atoms with Crippen molar-refractivity contribution in [1.29, 1.82) is 0 Å². The quantitative estimate of drug-likeness (QED) is 0.0335. The zero-order valence-electron chi connectivity index (χ0n) is 46.9. The van der Waals surface area contributed by atoms with Crippen LogP contribution in [-0.4, -0.2) is 195 Å². The van der Waals surface area contributed by atoms with Gasteiger partial charge >= 0.3 is 88.9 Å². The van der Waals surface area contributed by atoms with E-state index in [1.54, 1.807) is 4.98 Å². The summed E-state index contributed by atoms with van der Waals surface area (Å²) in [6.45, 7) is -4.97. The molecule has 3 aliphatic heterocycles. The second-order valence-electron chi connectivity index (χ2n) is 18.8. The Labute approximate surface area is 568 Å². The average Bonchev–Trinajstić information content (AvgIpc) is 1.58. The number of nitrogens with zero attached hydrogens (tertiary/aromatic N) is 4. The normalized spacial score (nSPS) is 29.5. The summed E-state index contributed by atoms with van der Waals surface area (Å²) in [6, 6.07) is 0. The van der Waals surface area contributed by atoms with Crippen molar-refractivity contribution in [2.75, 3.05) is 25.6 Å². The van der Waals surface area contributed by atoms with E-state index in [1.165, 1.54) is 0 Å². The van der Waals surface area contributed by atoms with E-state index in [9.17, 15) is 129 Å². The van der Waals surface area contributed by atoms with Gasteiger partial charge in [-0.1, -0.05) is 12.2 Å². The second-order valence-corrected chi connectivity index (χ2v) is 33.6. The number of alkyl halides is 12. The van der Waals surface area contributed by atoms with Crippen molar-refractivity contribution in [3.8, 4) is 0 Å². The first kappa shape index (κ1) is 92.0. The second kappa shape index (κ2) is 31.9. The lowest BCUT2D eigenvalue weighted by Gasteiger charge is -2.31. The lowest BCUT2D eigenvalue weighted by molar-refractivity contribution is -0.274. The van der Waals surface area contributed by atoms with E-state index in [0.717, 1.165) is 0 Å². The van der Waals surface area contributed by atoms with E-state index in [4.69, 9.17) is 54.5 Å². The number of aliphatic hydroxyl groups excluding tert-OH is 3. The number of phosphoric ester groups is 3. The van der Waals surface area contributed by atoms with Crippen LogP contribution in [0.1, 0.15) is 18.7 Å². The highest BCUT2D eigenvalue weighted by atomic mass is 32.1. The molecule has 3 aromatic heterocycles. The predicted molar refractivity (Wildman–Crippen MR) is 293 cm³/mol. The predicted octanol–water partition coefficient (Wildman–Crippen LogP) is 4.41. The molecule has 0 aromatic carbocycles. The minimum absolute atomic E-state index is 0.0164. The number of nitrogen functional groups attached to an aromatic ring is 1. The number of aromatic nitrogens is 6. The number of nitrogens with two attached hydrogens (primary N) is 1. The number of hydrogen-bond donors (Lipinski definition) is 18. The maximum Gasteiger partial charge on any atom is 0.490 e. The first-order valence-corrected chi connectivity index (χ1v) is 39.2. The zero-order valence-corrected chi connectivity index (χ0v) is 58.2. The van der Waals surface area contributed by atoms with Crippen molar-refractivity contribution in [2.24, 2.45) is 0 Å². The van der Waals surface area contributed by atoms with E-state index in [1.807, 2.05) is 4.98 Å². The number of ether oxygens (including phenoxy) is 3. The Balaban J connectivity index is 0.000000324. The zero-order chi connectivity index (χ0) is 79.5. The molecule has 0 spiro atoms. The van der Waals surface area contributed by atoms with E-state index in [2.05, 4.69) is 103 Å². The number of H-pyrrole nitrogens is 2. The van der Waals surface area contributed by atoms with Crippen LogP contribution in [0.4, 0.5) is 71.7 Å². The molecule has 72 heteroatoms. The summed E-state index contributed by atoms with van der Waals surface area (Å²) in [5.41, 5.74) is -10.6. The smallest absolute Gasteiger partial charge is 0.386 e. The Morgan fingerprint density at radius 1 is 0.461 bits per heavy atom. The molecule has 588 valence electrons. The Hall–Kier alpha value is -2.34. The number of aromatic amines is 2. The van der Waals surface area contributed by atoms with Crippen molar-refractivity contribution in [2.45, 2.75) is 90.8 Å². The molecule has 44 nitrogen and oxygen atoms in total. The Bertz CT molecular complexity index is 4230. The molecule has 18 atom stereocenters. The van der Waals surface area contributed by atoms with Gasteiger partial charge in [0.1, 0.15) is 41.3 Å². The molecule has 102 heavy (non-hydrogen) atoms. The van der Waals surface area contributed by atoms with E-state index in [0.29, 0.717) is 0 Å². The van der Waals surface area contributed by atoms with Crippen molar-refractivity contribution in [3.63, 3.8) is 0 Å². The molecular formula is C30H37F15N7O37P9S4. The first-order valence-electron chi connectivity index (χ1n) is 24.0. The van der Waals surface area contributed by atoms with Gasteiger partial charge < -0.3 is 99.0 Å². The SMILES string of the molecule is Nc1nc(=S)n([C@@H]2O[C@H](COP(=O)(O)OP(=O)(O)OP(=O)(O)O)[C@H](O)C2(F)C(F)(F)F)cc1F.O=P(O)(O)OP(=O)(O)OP(=O)(O)OC[C@H]1O[C@@H](n2cc(F)c(=S)[nH]c2=S)C(F)(C(F)(F)F)[C@H]1O.O=c1[nH]c(=S)n([C@@H]2O[C@H](COP(=O)(O)OP(=O)(O)OP(=O)(O)O)[C@H](O)C2(F)C(F)(F)F)cc1F. The number of nitrogens with one attached hydrogen (secondary N) is 2. The molecule has 0 bridgehead atoms. The Morgan fingerprint density at radius 2 is 0.725 bits per heavy atom. The van der Waals surface area contributed by atoms with Crippen LogP contribution in [0.15, 0.2) is 23.4 Å².